The van der Waals surface area contributed by atoms with Crippen molar-refractivity contribution in [1.29, 1.82) is 0 Å². The van der Waals surface area contributed by atoms with Crippen LogP contribution in [0.4, 0.5) is 0 Å². The molecule has 0 radical (unpaired) electrons. The molecule has 1 aromatic heterocycles. The Kier molecular flexibility index (Phi) is 4.77. The molecule has 0 aliphatic carbocycles. The normalized spacial score (nSPS) is 12.0. The molecule has 2 aromatic rings. The second-order valence-electron chi connectivity index (χ2n) is 4.91. The smallest absolute Gasteiger partial charge is 0.243 e. The van der Waals surface area contributed by atoms with Crippen molar-refractivity contribution in [2.45, 2.75) is 31.8 Å². The molecule has 114 valence electrons. The van der Waals surface area contributed by atoms with Crippen molar-refractivity contribution in [2.75, 3.05) is 7.05 Å². The maximum atomic E-state index is 12.6. The number of rotatable bonds is 5. The van der Waals surface area contributed by atoms with E-state index in [1.165, 1.54) is 15.6 Å². The summed E-state index contributed by atoms with van der Waals surface area (Å²) in [7, 11) is -1.97. The first-order valence-corrected chi connectivity index (χ1v) is 8.83. The van der Waals surface area contributed by atoms with Crippen LogP contribution in [-0.4, -0.2) is 24.8 Å². The van der Waals surface area contributed by atoms with Crippen LogP contribution in [0.15, 0.2) is 28.5 Å². The number of thiazole rings is 1. The number of benzene rings is 1. The van der Waals surface area contributed by atoms with Gasteiger partial charge < -0.3 is 5.73 Å². The van der Waals surface area contributed by atoms with E-state index in [1.54, 1.807) is 25.2 Å². The molecule has 2 rings (SSSR count). The zero-order valence-electron chi connectivity index (χ0n) is 12.3. The van der Waals surface area contributed by atoms with E-state index in [2.05, 4.69) is 4.98 Å². The van der Waals surface area contributed by atoms with Crippen molar-refractivity contribution < 1.29 is 8.42 Å². The summed E-state index contributed by atoms with van der Waals surface area (Å²) in [5, 5.41) is 2.80. The minimum absolute atomic E-state index is 0.262. The van der Waals surface area contributed by atoms with E-state index in [4.69, 9.17) is 5.73 Å². The molecule has 0 saturated carbocycles. The summed E-state index contributed by atoms with van der Waals surface area (Å²) in [6.07, 6.45) is 0. The molecule has 0 fully saturated rings. The van der Waals surface area contributed by atoms with Crippen molar-refractivity contribution in [1.82, 2.24) is 9.29 Å². The van der Waals surface area contributed by atoms with Crippen LogP contribution < -0.4 is 5.73 Å². The molecule has 0 saturated heterocycles. The van der Waals surface area contributed by atoms with Crippen molar-refractivity contribution in [2.24, 2.45) is 5.73 Å². The van der Waals surface area contributed by atoms with Crippen LogP contribution >= 0.6 is 11.3 Å². The molecule has 0 atom stereocenters. The first-order chi connectivity index (χ1) is 9.84. The fourth-order valence-corrected chi connectivity index (χ4v) is 3.80. The van der Waals surface area contributed by atoms with Gasteiger partial charge in [0.05, 0.1) is 22.1 Å². The van der Waals surface area contributed by atoms with Gasteiger partial charge in [0.15, 0.2) is 0 Å². The Morgan fingerprint density at radius 1 is 1.33 bits per heavy atom. The fourth-order valence-electron chi connectivity index (χ4n) is 2.00. The highest BCUT2D eigenvalue weighted by molar-refractivity contribution is 7.89. The minimum atomic E-state index is -3.53. The SMILES string of the molecule is Cc1nc(CN(C)S(=O)(=O)c2ccc(C)c(CN)c2)cs1. The van der Waals surface area contributed by atoms with Crippen molar-refractivity contribution >= 4 is 21.4 Å². The summed E-state index contributed by atoms with van der Waals surface area (Å²) in [4.78, 5) is 4.56. The second kappa shape index (κ2) is 6.23. The summed E-state index contributed by atoms with van der Waals surface area (Å²) in [5.41, 5.74) is 8.24. The van der Waals surface area contributed by atoms with Gasteiger partial charge in [-0.05, 0) is 37.1 Å². The monoisotopic (exact) mass is 325 g/mol. The van der Waals surface area contributed by atoms with Crippen molar-refractivity contribution in [3.05, 3.63) is 45.4 Å². The molecule has 2 N–H and O–H groups in total. The molecule has 0 amide bonds. The van der Waals surface area contributed by atoms with E-state index in [0.717, 1.165) is 21.8 Å². The minimum Gasteiger partial charge on any atom is -0.326 e. The molecule has 5 nitrogen and oxygen atoms in total. The number of nitrogens with two attached hydrogens (primary N) is 1. The molecule has 1 aromatic carbocycles. The van der Waals surface area contributed by atoms with Crippen LogP contribution in [0, 0.1) is 13.8 Å². The lowest BCUT2D eigenvalue weighted by molar-refractivity contribution is 0.462. The zero-order valence-corrected chi connectivity index (χ0v) is 14.0. The maximum absolute atomic E-state index is 12.6. The summed E-state index contributed by atoms with van der Waals surface area (Å²) in [6.45, 7) is 4.40. The molecule has 0 aliphatic rings. The molecule has 0 bridgehead atoms. The highest BCUT2D eigenvalue weighted by atomic mass is 32.2. The fraction of sp³-hybridized carbons (Fsp3) is 0.357. The zero-order chi connectivity index (χ0) is 15.6. The molecule has 0 spiro atoms. The van der Waals surface area contributed by atoms with Gasteiger partial charge in [-0.25, -0.2) is 13.4 Å². The third-order valence-electron chi connectivity index (χ3n) is 3.30. The molecular formula is C14H19N3O2S2. The molecule has 1 heterocycles. The highest BCUT2D eigenvalue weighted by Gasteiger charge is 2.22. The van der Waals surface area contributed by atoms with Crippen LogP contribution in [0.1, 0.15) is 21.8 Å². The van der Waals surface area contributed by atoms with Gasteiger partial charge >= 0.3 is 0 Å². The highest BCUT2D eigenvalue weighted by Crippen LogP contribution is 2.20. The predicted octanol–water partition coefficient (Wildman–Crippen LogP) is 2.04. The predicted molar refractivity (Wildman–Crippen MR) is 84.6 cm³/mol. The van der Waals surface area contributed by atoms with Gasteiger partial charge in [-0.2, -0.15) is 4.31 Å². The van der Waals surface area contributed by atoms with E-state index in [1.807, 2.05) is 19.2 Å². The van der Waals surface area contributed by atoms with Crippen LogP contribution in [0.25, 0.3) is 0 Å². The van der Waals surface area contributed by atoms with Crippen LogP contribution in [0.5, 0.6) is 0 Å². The first kappa shape index (κ1) is 16.1. The van der Waals surface area contributed by atoms with E-state index in [9.17, 15) is 8.42 Å². The average molecular weight is 325 g/mol. The Morgan fingerprint density at radius 2 is 2.05 bits per heavy atom. The van der Waals surface area contributed by atoms with Gasteiger partial charge in [0.1, 0.15) is 0 Å². The lowest BCUT2D eigenvalue weighted by atomic mass is 10.1. The number of hydrogen-bond acceptors (Lipinski definition) is 5. The van der Waals surface area contributed by atoms with Crippen LogP contribution in [0.3, 0.4) is 0 Å². The topological polar surface area (TPSA) is 76.3 Å². The van der Waals surface area contributed by atoms with Crippen molar-refractivity contribution in [3.63, 3.8) is 0 Å². The third kappa shape index (κ3) is 3.49. The summed E-state index contributed by atoms with van der Waals surface area (Å²) in [6, 6.07) is 5.05. The van der Waals surface area contributed by atoms with Gasteiger partial charge in [0.25, 0.3) is 0 Å². The quantitative estimate of drug-likeness (QED) is 0.912. The second-order valence-corrected chi connectivity index (χ2v) is 8.02. The van der Waals surface area contributed by atoms with E-state index in [0.29, 0.717) is 6.54 Å². The Balaban J connectivity index is 2.28. The van der Waals surface area contributed by atoms with Gasteiger partial charge in [-0.3, -0.25) is 0 Å². The Bertz CT molecular complexity index is 738. The van der Waals surface area contributed by atoms with Crippen LogP contribution in [0.2, 0.25) is 0 Å². The third-order valence-corrected chi connectivity index (χ3v) is 5.92. The summed E-state index contributed by atoms with van der Waals surface area (Å²) in [5.74, 6) is 0. The molecule has 0 unspecified atom stereocenters. The number of sulfonamides is 1. The number of nitrogens with zero attached hydrogens (tertiary/aromatic N) is 2. The molecule has 7 heteroatoms. The average Bonchev–Trinajstić information content (AvgIpc) is 2.84. The largest absolute Gasteiger partial charge is 0.326 e. The standard InChI is InChI=1S/C14H19N3O2S2/c1-10-4-5-14(6-12(10)7-15)21(18,19)17(3)8-13-9-20-11(2)16-13/h4-6,9H,7-8,15H2,1-3H3. The first-order valence-electron chi connectivity index (χ1n) is 6.51. The lowest BCUT2D eigenvalue weighted by Gasteiger charge is -2.17. The van der Waals surface area contributed by atoms with Crippen LogP contribution in [-0.2, 0) is 23.1 Å². The number of hydrogen-bond donors (Lipinski definition) is 1. The summed E-state index contributed by atoms with van der Waals surface area (Å²) >= 11 is 1.51. The van der Waals surface area contributed by atoms with E-state index in [-0.39, 0.29) is 11.4 Å². The van der Waals surface area contributed by atoms with Crippen molar-refractivity contribution in [3.8, 4) is 0 Å². The van der Waals surface area contributed by atoms with Gasteiger partial charge in [-0.15, -0.1) is 11.3 Å². The Labute approximate surface area is 129 Å². The lowest BCUT2D eigenvalue weighted by Crippen LogP contribution is -2.26. The van der Waals surface area contributed by atoms with Gasteiger partial charge in [0.2, 0.25) is 10.0 Å². The molecule has 0 aliphatic heterocycles. The van der Waals surface area contributed by atoms with Gasteiger partial charge in [0, 0.05) is 19.0 Å². The molecule has 21 heavy (non-hydrogen) atoms. The Hall–Kier alpha value is -1.28. The molecular weight excluding hydrogens is 306 g/mol. The van der Waals surface area contributed by atoms with E-state index < -0.39 is 10.0 Å². The number of aromatic nitrogens is 1. The summed E-state index contributed by atoms with van der Waals surface area (Å²) < 4.78 is 26.5. The van der Waals surface area contributed by atoms with Gasteiger partial charge in [-0.1, -0.05) is 6.07 Å². The maximum Gasteiger partial charge on any atom is 0.243 e. The Morgan fingerprint density at radius 3 is 2.62 bits per heavy atom. The number of aryl methyl sites for hydroxylation is 2. The van der Waals surface area contributed by atoms with E-state index >= 15 is 0 Å².